The van der Waals surface area contributed by atoms with E-state index in [1.807, 2.05) is 12.1 Å². The average molecular weight is 206 g/mol. The van der Waals surface area contributed by atoms with Crippen molar-refractivity contribution in [3.63, 3.8) is 0 Å². The van der Waals surface area contributed by atoms with Gasteiger partial charge >= 0.3 is 0 Å². The molecule has 1 unspecified atom stereocenters. The molecule has 0 saturated carbocycles. The zero-order chi connectivity index (χ0) is 10.9. The number of benzene rings is 1. The maximum absolute atomic E-state index is 5.64. The first-order valence-corrected chi connectivity index (χ1v) is 5.41. The Morgan fingerprint density at radius 3 is 2.73 bits per heavy atom. The highest BCUT2D eigenvalue weighted by Crippen LogP contribution is 2.26. The molecule has 1 aliphatic heterocycles. The Balaban J connectivity index is 2.04. The SMILES string of the molecule is CC(C)(C)c1cccc(OCC2CO2)c1. The number of ether oxygens (including phenoxy) is 2. The van der Waals surface area contributed by atoms with Crippen molar-refractivity contribution in [3.8, 4) is 5.75 Å². The van der Waals surface area contributed by atoms with E-state index in [1.165, 1.54) is 5.56 Å². The summed E-state index contributed by atoms with van der Waals surface area (Å²) in [6.45, 7) is 8.13. The van der Waals surface area contributed by atoms with Crippen molar-refractivity contribution in [2.45, 2.75) is 32.3 Å². The molecule has 1 aliphatic rings. The lowest BCUT2D eigenvalue weighted by molar-refractivity contribution is 0.262. The van der Waals surface area contributed by atoms with Gasteiger partial charge < -0.3 is 9.47 Å². The van der Waals surface area contributed by atoms with Gasteiger partial charge in [0, 0.05) is 0 Å². The number of hydrogen-bond donors (Lipinski definition) is 0. The van der Waals surface area contributed by atoms with Gasteiger partial charge in [0.05, 0.1) is 6.61 Å². The summed E-state index contributed by atoms with van der Waals surface area (Å²) >= 11 is 0. The molecule has 15 heavy (non-hydrogen) atoms. The zero-order valence-corrected chi connectivity index (χ0v) is 9.62. The Bertz CT molecular complexity index is 335. The maximum Gasteiger partial charge on any atom is 0.119 e. The van der Waals surface area contributed by atoms with Crippen LogP contribution in [0.15, 0.2) is 24.3 Å². The van der Waals surface area contributed by atoms with Gasteiger partial charge in [-0.1, -0.05) is 32.9 Å². The summed E-state index contributed by atoms with van der Waals surface area (Å²) in [7, 11) is 0. The molecule has 2 nitrogen and oxygen atoms in total. The third kappa shape index (κ3) is 2.96. The molecular weight excluding hydrogens is 188 g/mol. The van der Waals surface area contributed by atoms with Gasteiger partial charge in [0.2, 0.25) is 0 Å². The Labute approximate surface area is 91.2 Å². The van der Waals surface area contributed by atoms with E-state index in [0.717, 1.165) is 12.4 Å². The molecule has 1 saturated heterocycles. The van der Waals surface area contributed by atoms with Crippen molar-refractivity contribution >= 4 is 0 Å². The highest BCUT2D eigenvalue weighted by Gasteiger charge is 2.23. The molecule has 0 amide bonds. The summed E-state index contributed by atoms with van der Waals surface area (Å²) in [5, 5.41) is 0. The fourth-order valence-corrected chi connectivity index (χ4v) is 1.41. The third-order valence-electron chi connectivity index (χ3n) is 2.54. The molecule has 0 bridgehead atoms. The maximum atomic E-state index is 5.64. The van der Waals surface area contributed by atoms with Crippen LogP contribution < -0.4 is 4.74 Å². The highest BCUT2D eigenvalue weighted by molar-refractivity contribution is 5.32. The van der Waals surface area contributed by atoms with E-state index in [0.29, 0.717) is 12.7 Å². The molecule has 2 rings (SSSR count). The average Bonchev–Trinajstić information content (AvgIpc) is 2.97. The first-order chi connectivity index (χ1) is 7.05. The van der Waals surface area contributed by atoms with Crippen LogP contribution in [-0.4, -0.2) is 19.3 Å². The van der Waals surface area contributed by atoms with Crippen LogP contribution in [0.5, 0.6) is 5.75 Å². The monoisotopic (exact) mass is 206 g/mol. The van der Waals surface area contributed by atoms with Gasteiger partial charge in [0.25, 0.3) is 0 Å². The summed E-state index contributed by atoms with van der Waals surface area (Å²) < 4.78 is 10.7. The van der Waals surface area contributed by atoms with E-state index in [9.17, 15) is 0 Å². The van der Waals surface area contributed by atoms with Crippen LogP contribution in [0.25, 0.3) is 0 Å². The second kappa shape index (κ2) is 3.86. The van der Waals surface area contributed by atoms with E-state index in [4.69, 9.17) is 9.47 Å². The zero-order valence-electron chi connectivity index (χ0n) is 9.62. The minimum absolute atomic E-state index is 0.176. The molecule has 0 spiro atoms. The standard InChI is InChI=1S/C13H18O2/c1-13(2,3)10-5-4-6-11(7-10)14-8-12-9-15-12/h4-7,12H,8-9H2,1-3H3. The topological polar surface area (TPSA) is 21.8 Å². The van der Waals surface area contributed by atoms with Crippen LogP contribution >= 0.6 is 0 Å². The molecule has 1 fully saturated rings. The van der Waals surface area contributed by atoms with Crippen LogP contribution in [0.4, 0.5) is 0 Å². The number of rotatable bonds is 3. The van der Waals surface area contributed by atoms with Crippen molar-refractivity contribution < 1.29 is 9.47 Å². The molecule has 0 aliphatic carbocycles. The molecule has 0 N–H and O–H groups in total. The fourth-order valence-electron chi connectivity index (χ4n) is 1.41. The van der Waals surface area contributed by atoms with Gasteiger partial charge in [-0.25, -0.2) is 0 Å². The van der Waals surface area contributed by atoms with Gasteiger partial charge in [-0.2, -0.15) is 0 Å². The summed E-state index contributed by atoms with van der Waals surface area (Å²) in [6, 6.07) is 8.30. The van der Waals surface area contributed by atoms with Crippen LogP contribution in [0, 0.1) is 0 Å². The summed E-state index contributed by atoms with van der Waals surface area (Å²) in [5.41, 5.74) is 1.48. The van der Waals surface area contributed by atoms with E-state index in [1.54, 1.807) is 0 Å². The second-order valence-electron chi connectivity index (χ2n) is 5.04. The van der Waals surface area contributed by atoms with E-state index in [2.05, 4.69) is 32.9 Å². The molecule has 1 atom stereocenters. The molecule has 82 valence electrons. The van der Waals surface area contributed by atoms with Crippen LogP contribution in [0.2, 0.25) is 0 Å². The van der Waals surface area contributed by atoms with E-state index >= 15 is 0 Å². The Morgan fingerprint density at radius 2 is 2.13 bits per heavy atom. The van der Waals surface area contributed by atoms with E-state index < -0.39 is 0 Å². The largest absolute Gasteiger partial charge is 0.491 e. The Hall–Kier alpha value is -1.02. The minimum Gasteiger partial charge on any atom is -0.491 e. The summed E-state index contributed by atoms with van der Waals surface area (Å²) in [5.74, 6) is 0.943. The second-order valence-corrected chi connectivity index (χ2v) is 5.04. The summed E-state index contributed by atoms with van der Waals surface area (Å²) in [4.78, 5) is 0. The predicted octanol–water partition coefficient (Wildman–Crippen LogP) is 2.76. The van der Waals surface area contributed by atoms with Crippen LogP contribution in [-0.2, 0) is 10.2 Å². The molecule has 1 heterocycles. The smallest absolute Gasteiger partial charge is 0.119 e. The van der Waals surface area contributed by atoms with Crippen LogP contribution in [0.1, 0.15) is 26.3 Å². The van der Waals surface area contributed by atoms with Crippen molar-refractivity contribution in [3.05, 3.63) is 29.8 Å². The summed E-state index contributed by atoms with van der Waals surface area (Å²) in [6.07, 6.45) is 0.322. The van der Waals surface area contributed by atoms with Gasteiger partial charge in [-0.15, -0.1) is 0 Å². The van der Waals surface area contributed by atoms with E-state index in [-0.39, 0.29) is 5.41 Å². The molecular formula is C13H18O2. The predicted molar refractivity (Wildman–Crippen MR) is 60.4 cm³/mol. The highest BCUT2D eigenvalue weighted by atomic mass is 16.6. The first-order valence-electron chi connectivity index (χ1n) is 5.41. The lowest BCUT2D eigenvalue weighted by Crippen LogP contribution is -2.11. The lowest BCUT2D eigenvalue weighted by Gasteiger charge is -2.19. The number of hydrogen-bond acceptors (Lipinski definition) is 2. The fraction of sp³-hybridized carbons (Fsp3) is 0.538. The van der Waals surface area contributed by atoms with Crippen molar-refractivity contribution in [1.82, 2.24) is 0 Å². The molecule has 2 heteroatoms. The van der Waals surface area contributed by atoms with Crippen molar-refractivity contribution in [2.75, 3.05) is 13.2 Å². The molecule has 1 aromatic rings. The Morgan fingerprint density at radius 1 is 1.40 bits per heavy atom. The third-order valence-corrected chi connectivity index (χ3v) is 2.54. The van der Waals surface area contributed by atoms with Crippen LogP contribution in [0.3, 0.4) is 0 Å². The van der Waals surface area contributed by atoms with Gasteiger partial charge in [-0.3, -0.25) is 0 Å². The minimum atomic E-state index is 0.176. The molecule has 0 aromatic heterocycles. The van der Waals surface area contributed by atoms with Crippen molar-refractivity contribution in [2.24, 2.45) is 0 Å². The van der Waals surface area contributed by atoms with Gasteiger partial charge in [-0.05, 0) is 23.1 Å². The van der Waals surface area contributed by atoms with Gasteiger partial charge in [0.15, 0.2) is 0 Å². The Kier molecular flexibility index (Phi) is 2.70. The quantitative estimate of drug-likeness (QED) is 0.709. The molecule has 0 radical (unpaired) electrons. The van der Waals surface area contributed by atoms with Gasteiger partial charge in [0.1, 0.15) is 18.5 Å². The lowest BCUT2D eigenvalue weighted by atomic mass is 9.87. The molecule has 1 aromatic carbocycles. The first kappa shape index (κ1) is 10.5. The normalized spacial score (nSPS) is 20.1. The number of epoxide rings is 1. The van der Waals surface area contributed by atoms with Crippen molar-refractivity contribution in [1.29, 1.82) is 0 Å².